The molecule has 20 heavy (non-hydrogen) atoms. The Labute approximate surface area is 135 Å². The van der Waals surface area contributed by atoms with Gasteiger partial charge in [0, 0.05) is 38.6 Å². The predicted molar refractivity (Wildman–Crippen MR) is 87.1 cm³/mol. The maximum atomic E-state index is 11.7. The molecule has 1 fully saturated rings. The van der Waals surface area contributed by atoms with E-state index in [1.807, 2.05) is 14.0 Å². The van der Waals surface area contributed by atoms with Crippen LogP contribution in [0.4, 0.5) is 0 Å². The number of rotatable bonds is 6. The molecule has 0 aromatic heterocycles. The quantitative estimate of drug-likeness (QED) is 0.760. The Hall–Kier alpha value is -0.0700. The molecular weight excluding hydrogens is 301 g/mol. The first-order chi connectivity index (χ1) is 8.44. The fourth-order valence-electron chi connectivity index (χ4n) is 2.22. The second-order valence-corrected chi connectivity index (χ2v) is 5.63. The number of hydrogen-bond donors (Lipinski definition) is 2. The molecule has 0 bridgehead atoms. The van der Waals surface area contributed by atoms with Crippen molar-refractivity contribution in [3.63, 3.8) is 0 Å². The summed E-state index contributed by atoms with van der Waals surface area (Å²) < 4.78 is 5.66. The number of carbonyl (C=O) groups is 1. The summed E-state index contributed by atoms with van der Waals surface area (Å²) in [4.78, 5) is 14.0. The summed E-state index contributed by atoms with van der Waals surface area (Å²) in [5.41, 5.74) is -0.0678. The number of nitrogens with zero attached hydrogens (tertiary/aromatic N) is 1. The van der Waals surface area contributed by atoms with Crippen molar-refractivity contribution in [2.45, 2.75) is 26.4 Å². The Bertz CT molecular complexity index is 278. The van der Waals surface area contributed by atoms with Crippen LogP contribution in [0, 0.1) is 5.92 Å². The lowest BCUT2D eigenvalue weighted by atomic mass is 10.1. The molecule has 0 aromatic carbocycles. The van der Waals surface area contributed by atoms with Gasteiger partial charge in [0.05, 0.1) is 12.2 Å². The van der Waals surface area contributed by atoms with Crippen molar-refractivity contribution < 1.29 is 9.53 Å². The zero-order valence-electron chi connectivity index (χ0n) is 12.9. The lowest BCUT2D eigenvalue weighted by molar-refractivity contribution is -0.124. The number of carbonyl (C=O) groups excluding carboxylic acids is 1. The first kappa shape index (κ1) is 22.2. The molecule has 5 nitrogen and oxygen atoms in total. The van der Waals surface area contributed by atoms with Crippen molar-refractivity contribution in [3.05, 3.63) is 0 Å². The summed E-state index contributed by atoms with van der Waals surface area (Å²) >= 11 is 0. The number of halogens is 2. The van der Waals surface area contributed by atoms with Crippen LogP contribution in [0.3, 0.4) is 0 Å². The molecule has 1 aliphatic rings. The highest BCUT2D eigenvalue weighted by Crippen LogP contribution is 2.15. The van der Waals surface area contributed by atoms with Crippen molar-refractivity contribution in [1.29, 1.82) is 0 Å². The van der Waals surface area contributed by atoms with E-state index in [2.05, 4.69) is 29.4 Å². The highest BCUT2D eigenvalue weighted by molar-refractivity contribution is 5.85. The van der Waals surface area contributed by atoms with E-state index in [1.54, 1.807) is 0 Å². The summed E-state index contributed by atoms with van der Waals surface area (Å²) in [6, 6.07) is 0. The fourth-order valence-corrected chi connectivity index (χ4v) is 2.22. The van der Waals surface area contributed by atoms with Crippen molar-refractivity contribution in [1.82, 2.24) is 15.5 Å². The Morgan fingerprint density at radius 3 is 2.60 bits per heavy atom. The first-order valence-corrected chi connectivity index (χ1v) is 6.73. The van der Waals surface area contributed by atoms with Crippen molar-refractivity contribution >= 4 is 30.7 Å². The zero-order valence-corrected chi connectivity index (χ0v) is 14.5. The molecule has 0 radical (unpaired) electrons. The summed E-state index contributed by atoms with van der Waals surface area (Å²) in [7, 11) is 1.86. The summed E-state index contributed by atoms with van der Waals surface area (Å²) in [5.74, 6) is 0.146. The number of hydrogen-bond acceptors (Lipinski definition) is 4. The van der Waals surface area contributed by atoms with Gasteiger partial charge in [-0.1, -0.05) is 6.92 Å². The van der Waals surface area contributed by atoms with Crippen molar-refractivity contribution in [3.8, 4) is 0 Å². The van der Waals surface area contributed by atoms with Crippen LogP contribution in [-0.2, 0) is 9.53 Å². The zero-order chi connectivity index (χ0) is 13.6. The van der Waals surface area contributed by atoms with Crippen LogP contribution < -0.4 is 10.6 Å². The lowest BCUT2D eigenvalue weighted by Crippen LogP contribution is -2.50. The van der Waals surface area contributed by atoms with Gasteiger partial charge in [-0.25, -0.2) is 0 Å². The molecule has 1 amide bonds. The van der Waals surface area contributed by atoms with E-state index in [0.717, 1.165) is 32.8 Å². The molecule has 1 heterocycles. The number of nitrogens with one attached hydrogen (secondary N) is 2. The molecule has 0 saturated carbocycles. The molecule has 1 saturated heterocycles. The van der Waals surface area contributed by atoms with E-state index in [4.69, 9.17) is 4.74 Å². The monoisotopic (exact) mass is 329 g/mol. The predicted octanol–water partition coefficient (Wildman–Crippen LogP) is 0.912. The van der Waals surface area contributed by atoms with Gasteiger partial charge in [-0.05, 0) is 20.9 Å². The second kappa shape index (κ2) is 10.6. The van der Waals surface area contributed by atoms with Crippen LogP contribution in [0.5, 0.6) is 0 Å². The fraction of sp³-hybridized carbons (Fsp3) is 0.923. The minimum Gasteiger partial charge on any atom is -0.373 e. The molecule has 1 rings (SSSR count). The topological polar surface area (TPSA) is 53.6 Å². The van der Waals surface area contributed by atoms with E-state index in [1.165, 1.54) is 0 Å². The minimum absolute atomic E-state index is 0. The molecule has 1 aliphatic heterocycles. The van der Waals surface area contributed by atoms with Crippen LogP contribution in [0.25, 0.3) is 0 Å². The molecule has 122 valence electrons. The molecule has 2 N–H and O–H groups in total. The van der Waals surface area contributed by atoms with Gasteiger partial charge in [-0.3, -0.25) is 9.69 Å². The van der Waals surface area contributed by atoms with E-state index in [9.17, 15) is 4.79 Å². The smallest absolute Gasteiger partial charge is 0.224 e. The third kappa shape index (κ3) is 8.27. The third-order valence-corrected chi connectivity index (χ3v) is 3.19. The Morgan fingerprint density at radius 2 is 2.05 bits per heavy atom. The maximum Gasteiger partial charge on any atom is 0.224 e. The molecule has 0 aliphatic carbocycles. The van der Waals surface area contributed by atoms with Crippen molar-refractivity contribution in [2.24, 2.45) is 5.92 Å². The van der Waals surface area contributed by atoms with Gasteiger partial charge in [-0.15, -0.1) is 24.8 Å². The first-order valence-electron chi connectivity index (χ1n) is 6.73. The highest BCUT2D eigenvalue weighted by atomic mass is 35.5. The molecule has 1 unspecified atom stereocenters. The van der Waals surface area contributed by atoms with Gasteiger partial charge in [0.1, 0.15) is 0 Å². The van der Waals surface area contributed by atoms with Crippen LogP contribution in [0.1, 0.15) is 20.8 Å². The molecule has 0 aromatic rings. The number of amides is 1. The average Bonchev–Trinajstić information content (AvgIpc) is 2.28. The van der Waals surface area contributed by atoms with Gasteiger partial charge in [0.2, 0.25) is 5.91 Å². The average molecular weight is 330 g/mol. The van der Waals surface area contributed by atoms with E-state index >= 15 is 0 Å². The third-order valence-electron chi connectivity index (χ3n) is 3.19. The maximum absolute atomic E-state index is 11.7. The number of ether oxygens (including phenoxy) is 1. The Balaban J connectivity index is 0. The van der Waals surface area contributed by atoms with E-state index in [0.29, 0.717) is 6.54 Å². The van der Waals surface area contributed by atoms with Gasteiger partial charge < -0.3 is 15.4 Å². The highest BCUT2D eigenvalue weighted by Gasteiger charge is 2.26. The van der Waals surface area contributed by atoms with Gasteiger partial charge in [0.15, 0.2) is 0 Å². The van der Waals surface area contributed by atoms with Crippen LogP contribution in [-0.4, -0.2) is 62.8 Å². The Kier molecular flexibility index (Phi) is 11.8. The molecule has 1 atom stereocenters. The molecule has 0 spiro atoms. The second-order valence-electron chi connectivity index (χ2n) is 5.63. The van der Waals surface area contributed by atoms with Crippen LogP contribution in [0.15, 0.2) is 0 Å². The number of morpholine rings is 1. The summed E-state index contributed by atoms with van der Waals surface area (Å²) in [5, 5.41) is 5.99. The standard InChI is InChI=1S/C13H27N3O2.2ClH/c1-11(9-14-4)12(17)15-5-6-16-7-8-18-13(2,3)10-16;;/h11,14H,5-10H2,1-4H3,(H,15,17);2*1H. The van der Waals surface area contributed by atoms with E-state index < -0.39 is 0 Å². The van der Waals surface area contributed by atoms with Crippen LogP contribution >= 0.6 is 24.8 Å². The largest absolute Gasteiger partial charge is 0.373 e. The van der Waals surface area contributed by atoms with E-state index in [-0.39, 0.29) is 42.2 Å². The van der Waals surface area contributed by atoms with Crippen LogP contribution in [0.2, 0.25) is 0 Å². The van der Waals surface area contributed by atoms with Gasteiger partial charge in [-0.2, -0.15) is 0 Å². The summed E-state index contributed by atoms with van der Waals surface area (Å²) in [6.45, 7) is 11.1. The minimum atomic E-state index is -0.0678. The van der Waals surface area contributed by atoms with Crippen molar-refractivity contribution in [2.75, 3.05) is 46.4 Å². The van der Waals surface area contributed by atoms with Gasteiger partial charge >= 0.3 is 0 Å². The normalized spacial score (nSPS) is 19.4. The lowest BCUT2D eigenvalue weighted by Gasteiger charge is -2.38. The Morgan fingerprint density at radius 1 is 1.40 bits per heavy atom. The molecule has 7 heteroatoms. The van der Waals surface area contributed by atoms with Gasteiger partial charge in [0.25, 0.3) is 0 Å². The summed E-state index contributed by atoms with van der Waals surface area (Å²) in [6.07, 6.45) is 0. The molecular formula is C13H29Cl2N3O2. The SMILES string of the molecule is CNCC(C)C(=O)NCCN1CCOC(C)(C)C1.Cl.Cl.